The number of halogens is 2. The number of hydrogen-bond donors (Lipinski definition) is 3. The van der Waals surface area contributed by atoms with Gasteiger partial charge in [-0.3, -0.25) is 9.59 Å². The summed E-state index contributed by atoms with van der Waals surface area (Å²) in [5.74, 6) is -3.19. The maximum atomic E-state index is 13.0. The van der Waals surface area contributed by atoms with Crippen LogP contribution in [0, 0.1) is 5.92 Å². The Kier molecular flexibility index (Phi) is 9.50. The molecule has 1 aromatic heterocycles. The fourth-order valence-corrected chi connectivity index (χ4v) is 2.51. The number of hydrogen-bond acceptors (Lipinski definition) is 7. The molecule has 0 aromatic carbocycles. The van der Waals surface area contributed by atoms with Crippen molar-refractivity contribution in [2.45, 2.75) is 46.5 Å². The molecule has 29 heavy (non-hydrogen) atoms. The molecule has 0 aliphatic carbocycles. The molecule has 1 rings (SSSR count). The summed E-state index contributed by atoms with van der Waals surface area (Å²) in [4.78, 5) is 28.6. The van der Waals surface area contributed by atoms with Gasteiger partial charge in [-0.15, -0.1) is 0 Å². The van der Waals surface area contributed by atoms with Gasteiger partial charge in [-0.1, -0.05) is 27.2 Å². The molecule has 0 amide bonds. The van der Waals surface area contributed by atoms with Gasteiger partial charge in [0.05, 0.1) is 18.4 Å². The molecule has 0 aliphatic rings. The van der Waals surface area contributed by atoms with E-state index in [0.29, 0.717) is 24.3 Å². The molecule has 0 saturated heterocycles. The van der Waals surface area contributed by atoms with Crippen molar-refractivity contribution in [3.63, 3.8) is 0 Å². The molecule has 0 saturated carbocycles. The normalized spacial score (nSPS) is 13.0. The third-order valence-corrected chi connectivity index (χ3v) is 4.21. The molecule has 1 aromatic rings. The molecule has 0 aliphatic heterocycles. The van der Waals surface area contributed by atoms with Crippen molar-refractivity contribution in [1.29, 1.82) is 0 Å². The molecule has 1 heterocycles. The fraction of sp³-hybridized carbons (Fsp3) is 0.550. The second-order valence-corrected chi connectivity index (χ2v) is 7.13. The van der Waals surface area contributed by atoms with Crippen molar-refractivity contribution in [3.8, 4) is 5.75 Å². The highest BCUT2D eigenvalue weighted by Crippen LogP contribution is 2.28. The molecule has 1 atom stereocenters. The first-order valence-electron chi connectivity index (χ1n) is 9.63. The number of rotatable bonds is 13. The Morgan fingerprint density at radius 2 is 2.10 bits per heavy atom. The van der Waals surface area contributed by atoms with Gasteiger partial charge in [-0.2, -0.15) is 0 Å². The monoisotopic (exact) mass is 412 g/mol. The first kappa shape index (κ1) is 24.3. The smallest absolute Gasteiger partial charge is 0.262 e. The third-order valence-electron chi connectivity index (χ3n) is 4.21. The van der Waals surface area contributed by atoms with E-state index in [1.807, 2.05) is 11.8 Å². The number of ketones is 1. The first-order valence-corrected chi connectivity index (χ1v) is 9.63. The van der Waals surface area contributed by atoms with E-state index in [4.69, 9.17) is 0 Å². The summed E-state index contributed by atoms with van der Waals surface area (Å²) in [7, 11) is 0. The quantitative estimate of drug-likeness (QED) is 0.260. The van der Waals surface area contributed by atoms with Crippen LogP contribution in [0.2, 0.25) is 0 Å². The number of anilines is 2. The minimum atomic E-state index is -3.05. The van der Waals surface area contributed by atoms with Crippen molar-refractivity contribution < 1.29 is 23.5 Å². The number of nitrogens with zero attached hydrogens (tertiary/aromatic N) is 2. The summed E-state index contributed by atoms with van der Waals surface area (Å²) in [6, 6.07) is 1.43. The van der Waals surface area contributed by atoms with E-state index < -0.39 is 18.3 Å². The summed E-state index contributed by atoms with van der Waals surface area (Å²) < 4.78 is 26.0. The second kappa shape index (κ2) is 11.3. The molecule has 1 unspecified atom stereocenters. The number of nitrogens with one attached hydrogen (secondary N) is 2. The highest BCUT2D eigenvalue weighted by molar-refractivity contribution is 6.32. The average molecular weight is 412 g/mol. The van der Waals surface area contributed by atoms with E-state index in [1.165, 1.54) is 12.3 Å². The van der Waals surface area contributed by atoms with Crippen molar-refractivity contribution >= 4 is 23.6 Å². The van der Waals surface area contributed by atoms with Crippen molar-refractivity contribution in [3.05, 3.63) is 24.2 Å². The van der Waals surface area contributed by atoms with Crippen LogP contribution in [0.3, 0.4) is 0 Å². The fourth-order valence-electron chi connectivity index (χ4n) is 2.51. The van der Waals surface area contributed by atoms with Crippen LogP contribution in [0.15, 0.2) is 24.2 Å². The Balaban J connectivity index is 2.98. The van der Waals surface area contributed by atoms with Crippen LogP contribution in [-0.4, -0.2) is 47.7 Å². The SMILES string of the molecule is CCCN(CC(C)CC)c1ncc(N/C=C(\NCC(C)(F)F)C(=O)C=O)cc1O. The van der Waals surface area contributed by atoms with Gasteiger partial charge >= 0.3 is 0 Å². The minimum absolute atomic E-state index is 0.0324. The van der Waals surface area contributed by atoms with Gasteiger partial charge < -0.3 is 20.6 Å². The lowest BCUT2D eigenvalue weighted by Gasteiger charge is -2.26. The Morgan fingerprint density at radius 1 is 1.41 bits per heavy atom. The summed E-state index contributed by atoms with van der Waals surface area (Å²) in [5.41, 5.74) is 0.0296. The number of carbonyl (C=O) groups excluding carboxylic acids is 2. The molecule has 0 radical (unpaired) electrons. The number of alkyl halides is 2. The van der Waals surface area contributed by atoms with Crippen LogP contribution < -0.4 is 15.5 Å². The van der Waals surface area contributed by atoms with Gasteiger partial charge in [-0.25, -0.2) is 13.8 Å². The van der Waals surface area contributed by atoms with Gasteiger partial charge in [-0.05, 0) is 12.3 Å². The largest absolute Gasteiger partial charge is 0.504 e. The number of pyridine rings is 1. The molecule has 0 bridgehead atoms. The Hall–Kier alpha value is -2.71. The lowest BCUT2D eigenvalue weighted by atomic mass is 10.1. The van der Waals surface area contributed by atoms with Crippen LogP contribution in [0.1, 0.15) is 40.5 Å². The molecular formula is C20H30F2N4O3. The van der Waals surface area contributed by atoms with E-state index in [2.05, 4.69) is 29.5 Å². The van der Waals surface area contributed by atoms with Gasteiger partial charge in [0.1, 0.15) is 5.70 Å². The van der Waals surface area contributed by atoms with Crippen LogP contribution >= 0.6 is 0 Å². The number of aromatic hydroxyl groups is 1. The Labute approximate surface area is 170 Å². The summed E-state index contributed by atoms with van der Waals surface area (Å²) in [6.07, 6.45) is 4.49. The third kappa shape index (κ3) is 8.45. The number of carbonyl (C=O) groups is 2. The van der Waals surface area contributed by atoms with Crippen molar-refractivity contribution in [1.82, 2.24) is 10.3 Å². The molecule has 7 nitrogen and oxygen atoms in total. The zero-order chi connectivity index (χ0) is 22.0. The van der Waals surface area contributed by atoms with E-state index in [-0.39, 0.29) is 17.7 Å². The van der Waals surface area contributed by atoms with Gasteiger partial charge in [0.2, 0.25) is 5.78 Å². The van der Waals surface area contributed by atoms with Gasteiger partial charge in [0.15, 0.2) is 17.9 Å². The van der Waals surface area contributed by atoms with Crippen LogP contribution in [-0.2, 0) is 9.59 Å². The lowest BCUT2D eigenvalue weighted by molar-refractivity contribution is -0.127. The lowest BCUT2D eigenvalue weighted by Crippen LogP contribution is -2.32. The predicted octanol–water partition coefficient (Wildman–Crippen LogP) is 3.32. The molecular weight excluding hydrogens is 382 g/mol. The highest BCUT2D eigenvalue weighted by Gasteiger charge is 2.22. The highest BCUT2D eigenvalue weighted by atomic mass is 19.3. The standard InChI is InChI=1S/C20H30F2N4O3/c1-5-7-26(11-14(3)6-2)19-17(28)8-15(9-24-19)23-10-16(18(29)12-27)25-13-20(4,21)22/h8-10,12,14,23,25,28H,5-7,11,13H2,1-4H3/b16-10-. The Morgan fingerprint density at radius 3 is 2.62 bits per heavy atom. The maximum Gasteiger partial charge on any atom is 0.262 e. The summed E-state index contributed by atoms with van der Waals surface area (Å²) in [6.45, 7) is 7.65. The number of allylic oxidation sites excluding steroid dienone is 1. The predicted molar refractivity (Wildman–Crippen MR) is 109 cm³/mol. The first-order chi connectivity index (χ1) is 13.6. The molecule has 0 fully saturated rings. The molecule has 3 N–H and O–H groups in total. The number of aromatic nitrogens is 1. The van der Waals surface area contributed by atoms with Crippen LogP contribution in [0.4, 0.5) is 20.3 Å². The van der Waals surface area contributed by atoms with E-state index in [1.54, 1.807) is 0 Å². The average Bonchev–Trinajstić information content (AvgIpc) is 2.66. The van der Waals surface area contributed by atoms with Crippen LogP contribution in [0.25, 0.3) is 0 Å². The van der Waals surface area contributed by atoms with Crippen molar-refractivity contribution in [2.24, 2.45) is 5.92 Å². The molecule has 162 valence electrons. The van der Waals surface area contributed by atoms with Gasteiger partial charge in [0.25, 0.3) is 5.92 Å². The maximum absolute atomic E-state index is 13.0. The molecule has 9 heteroatoms. The number of Topliss-reactive ketones (excluding diaryl/α,β-unsaturated/α-hetero) is 1. The van der Waals surface area contributed by atoms with E-state index in [0.717, 1.165) is 32.1 Å². The summed E-state index contributed by atoms with van der Waals surface area (Å²) in [5, 5.41) is 15.3. The second-order valence-electron chi connectivity index (χ2n) is 7.13. The van der Waals surface area contributed by atoms with Crippen molar-refractivity contribution in [2.75, 3.05) is 29.9 Å². The Bertz CT molecular complexity index is 720. The topological polar surface area (TPSA) is 94.6 Å². The van der Waals surface area contributed by atoms with Gasteiger partial charge in [0, 0.05) is 32.3 Å². The zero-order valence-electron chi connectivity index (χ0n) is 17.3. The minimum Gasteiger partial charge on any atom is -0.504 e. The zero-order valence-corrected chi connectivity index (χ0v) is 17.3. The van der Waals surface area contributed by atoms with E-state index >= 15 is 0 Å². The van der Waals surface area contributed by atoms with Crippen LogP contribution in [0.5, 0.6) is 5.75 Å². The van der Waals surface area contributed by atoms with E-state index in [9.17, 15) is 23.5 Å². The summed E-state index contributed by atoms with van der Waals surface area (Å²) >= 11 is 0. The molecule has 0 spiro atoms. The number of aldehydes is 1.